The van der Waals surface area contributed by atoms with Crippen molar-refractivity contribution in [3.8, 4) is 5.75 Å². The molecule has 1 atom stereocenters. The smallest absolute Gasteiger partial charge is 0.264 e. The van der Waals surface area contributed by atoms with Gasteiger partial charge in [0, 0.05) is 17.1 Å². The van der Waals surface area contributed by atoms with Crippen molar-refractivity contribution in [2.24, 2.45) is 0 Å². The predicted molar refractivity (Wildman–Crippen MR) is 163 cm³/mol. The van der Waals surface area contributed by atoms with E-state index in [2.05, 4.69) is 5.32 Å². The first-order chi connectivity index (χ1) is 19.1. The van der Waals surface area contributed by atoms with Gasteiger partial charge in [-0.15, -0.1) is 0 Å². The second kappa shape index (κ2) is 13.0. The van der Waals surface area contributed by atoms with Crippen molar-refractivity contribution in [1.82, 2.24) is 10.2 Å². The normalized spacial score (nSPS) is 12.4. The standard InChI is InChI=1S/C31H38ClN3O5S/c1-21-11-14-26(17-22(21)2)35(41(38,39)28-15-12-25(32)13-16-28)20-29(36)34(23(3)30(37)33-31(4,5)6)19-24-9-8-10-27(18-24)40-7/h8-18,23H,19-20H2,1-7H3,(H,33,37)/t23-/m1/s1. The van der Waals surface area contributed by atoms with Crippen LogP contribution in [0.5, 0.6) is 5.75 Å². The van der Waals surface area contributed by atoms with Crippen LogP contribution in [0.2, 0.25) is 5.02 Å². The van der Waals surface area contributed by atoms with E-state index in [9.17, 15) is 18.0 Å². The molecule has 0 aromatic heterocycles. The second-order valence-electron chi connectivity index (χ2n) is 11.0. The summed E-state index contributed by atoms with van der Waals surface area (Å²) in [6, 6.07) is 17.3. The molecular weight excluding hydrogens is 562 g/mol. The van der Waals surface area contributed by atoms with E-state index in [1.807, 2.05) is 46.8 Å². The van der Waals surface area contributed by atoms with Crippen LogP contribution in [0.4, 0.5) is 5.69 Å². The Labute approximate surface area is 248 Å². The number of carbonyl (C=O) groups is 2. The van der Waals surface area contributed by atoms with Crippen molar-refractivity contribution in [2.75, 3.05) is 18.0 Å². The number of sulfonamides is 1. The van der Waals surface area contributed by atoms with E-state index < -0.39 is 34.1 Å². The monoisotopic (exact) mass is 599 g/mol. The molecule has 0 aliphatic heterocycles. The van der Waals surface area contributed by atoms with E-state index in [1.165, 1.54) is 29.2 Å². The summed E-state index contributed by atoms with van der Waals surface area (Å²) in [4.78, 5) is 28.7. The lowest BCUT2D eigenvalue weighted by Crippen LogP contribution is -2.54. The number of carbonyl (C=O) groups excluding carboxylic acids is 2. The summed E-state index contributed by atoms with van der Waals surface area (Å²) in [6.45, 7) is 10.5. The molecule has 0 spiro atoms. The maximum absolute atomic E-state index is 14.1. The lowest BCUT2D eigenvalue weighted by Gasteiger charge is -2.33. The Kier molecular flexibility index (Phi) is 10.1. The van der Waals surface area contributed by atoms with Crippen molar-refractivity contribution >= 4 is 39.1 Å². The first kappa shape index (κ1) is 32.0. The lowest BCUT2D eigenvalue weighted by atomic mass is 10.1. The Hall–Kier alpha value is -3.56. The molecule has 3 aromatic rings. The van der Waals surface area contributed by atoms with Gasteiger partial charge in [0.1, 0.15) is 18.3 Å². The summed E-state index contributed by atoms with van der Waals surface area (Å²) < 4.78 is 34.3. The lowest BCUT2D eigenvalue weighted by molar-refractivity contribution is -0.140. The van der Waals surface area contributed by atoms with Gasteiger partial charge in [-0.2, -0.15) is 0 Å². The van der Waals surface area contributed by atoms with Crippen molar-refractivity contribution in [2.45, 2.75) is 64.6 Å². The number of aryl methyl sites for hydroxylation is 2. The van der Waals surface area contributed by atoms with E-state index in [1.54, 1.807) is 44.4 Å². The number of ether oxygens (including phenoxy) is 1. The molecule has 10 heteroatoms. The minimum Gasteiger partial charge on any atom is -0.497 e. The summed E-state index contributed by atoms with van der Waals surface area (Å²) >= 11 is 6.02. The zero-order chi connectivity index (χ0) is 30.5. The molecular formula is C31H38ClN3O5S. The van der Waals surface area contributed by atoms with E-state index in [0.717, 1.165) is 21.0 Å². The first-order valence-electron chi connectivity index (χ1n) is 13.2. The number of rotatable bonds is 10. The molecule has 0 aliphatic carbocycles. The van der Waals surface area contributed by atoms with Crippen LogP contribution in [0.25, 0.3) is 0 Å². The molecule has 0 saturated heterocycles. The van der Waals surface area contributed by atoms with Gasteiger partial charge in [-0.05, 0) is 107 Å². The van der Waals surface area contributed by atoms with Gasteiger partial charge in [0.15, 0.2) is 0 Å². The van der Waals surface area contributed by atoms with Gasteiger partial charge in [-0.3, -0.25) is 13.9 Å². The van der Waals surface area contributed by atoms with E-state index in [4.69, 9.17) is 16.3 Å². The highest BCUT2D eigenvalue weighted by Crippen LogP contribution is 2.27. The van der Waals surface area contributed by atoms with E-state index in [0.29, 0.717) is 16.5 Å². The highest BCUT2D eigenvalue weighted by Gasteiger charge is 2.33. The molecule has 1 N–H and O–H groups in total. The number of nitrogens with one attached hydrogen (secondary N) is 1. The number of anilines is 1. The second-order valence-corrected chi connectivity index (χ2v) is 13.3. The number of nitrogens with zero attached hydrogens (tertiary/aromatic N) is 2. The first-order valence-corrected chi connectivity index (χ1v) is 15.0. The summed E-state index contributed by atoms with van der Waals surface area (Å²) in [5, 5.41) is 3.31. The number of halogens is 1. The van der Waals surface area contributed by atoms with Crippen molar-refractivity contribution < 1.29 is 22.7 Å². The Morgan fingerprint density at radius 1 is 0.976 bits per heavy atom. The molecule has 8 nitrogen and oxygen atoms in total. The Morgan fingerprint density at radius 2 is 1.63 bits per heavy atom. The molecule has 2 amide bonds. The van der Waals surface area contributed by atoms with Gasteiger partial charge in [0.25, 0.3) is 10.0 Å². The summed E-state index contributed by atoms with van der Waals surface area (Å²) in [5.41, 5.74) is 2.39. The van der Waals surface area contributed by atoms with E-state index >= 15 is 0 Å². The van der Waals surface area contributed by atoms with Crippen molar-refractivity contribution in [3.05, 3.63) is 88.4 Å². The fourth-order valence-corrected chi connectivity index (χ4v) is 5.70. The highest BCUT2D eigenvalue weighted by molar-refractivity contribution is 7.92. The number of hydrogen-bond donors (Lipinski definition) is 1. The van der Waals surface area contributed by atoms with Crippen LogP contribution < -0.4 is 14.4 Å². The molecule has 0 heterocycles. The molecule has 0 aliphatic rings. The third-order valence-corrected chi connectivity index (χ3v) is 8.65. The van der Waals surface area contributed by atoms with Crippen LogP contribution in [-0.2, 0) is 26.2 Å². The molecule has 0 bridgehead atoms. The third kappa shape index (κ3) is 8.24. The largest absolute Gasteiger partial charge is 0.497 e. The molecule has 0 fully saturated rings. The van der Waals surface area contributed by atoms with Crippen LogP contribution in [0, 0.1) is 13.8 Å². The fraction of sp³-hybridized carbons (Fsp3) is 0.355. The maximum atomic E-state index is 14.1. The van der Waals surface area contributed by atoms with Gasteiger partial charge in [0.05, 0.1) is 17.7 Å². The Balaban J connectivity index is 2.07. The zero-order valence-electron chi connectivity index (χ0n) is 24.6. The molecule has 3 rings (SSSR count). The van der Waals surface area contributed by atoms with Crippen LogP contribution >= 0.6 is 11.6 Å². The third-order valence-electron chi connectivity index (χ3n) is 6.61. The molecule has 0 radical (unpaired) electrons. The fourth-order valence-electron chi connectivity index (χ4n) is 4.17. The van der Waals surface area contributed by atoms with Gasteiger partial charge in [-0.1, -0.05) is 29.8 Å². The number of amides is 2. The Bertz CT molecular complexity index is 1500. The molecule has 220 valence electrons. The van der Waals surface area contributed by atoms with Crippen LogP contribution in [0.15, 0.2) is 71.6 Å². The topological polar surface area (TPSA) is 96.0 Å². The van der Waals surface area contributed by atoms with Crippen LogP contribution in [-0.4, -0.2) is 50.4 Å². The van der Waals surface area contributed by atoms with E-state index in [-0.39, 0.29) is 17.3 Å². The summed E-state index contributed by atoms with van der Waals surface area (Å²) in [7, 11) is -2.63. The minimum atomic E-state index is -4.18. The molecule has 3 aromatic carbocycles. The van der Waals surface area contributed by atoms with Gasteiger partial charge >= 0.3 is 0 Å². The minimum absolute atomic E-state index is 0.00852. The van der Waals surface area contributed by atoms with Crippen molar-refractivity contribution in [1.29, 1.82) is 0 Å². The summed E-state index contributed by atoms with van der Waals surface area (Å²) in [5.74, 6) is -0.295. The number of methoxy groups -OCH3 is 1. The Morgan fingerprint density at radius 3 is 2.22 bits per heavy atom. The molecule has 0 unspecified atom stereocenters. The highest BCUT2D eigenvalue weighted by atomic mass is 35.5. The van der Waals surface area contributed by atoms with Crippen LogP contribution in [0.3, 0.4) is 0 Å². The van der Waals surface area contributed by atoms with Gasteiger partial charge < -0.3 is 15.0 Å². The quantitative estimate of drug-likeness (QED) is 0.332. The predicted octanol–water partition coefficient (Wildman–Crippen LogP) is 5.49. The average molecular weight is 600 g/mol. The SMILES string of the molecule is COc1cccc(CN(C(=O)CN(c2ccc(C)c(C)c2)S(=O)(=O)c2ccc(Cl)cc2)[C@H](C)C(=O)NC(C)(C)C)c1. The zero-order valence-corrected chi connectivity index (χ0v) is 26.1. The average Bonchev–Trinajstić information content (AvgIpc) is 2.90. The number of benzene rings is 3. The summed E-state index contributed by atoms with van der Waals surface area (Å²) in [6.07, 6.45) is 0. The maximum Gasteiger partial charge on any atom is 0.264 e. The molecule has 41 heavy (non-hydrogen) atoms. The van der Waals surface area contributed by atoms with Gasteiger partial charge in [-0.25, -0.2) is 8.42 Å². The number of hydrogen-bond acceptors (Lipinski definition) is 5. The van der Waals surface area contributed by atoms with Crippen molar-refractivity contribution in [3.63, 3.8) is 0 Å². The van der Waals surface area contributed by atoms with Gasteiger partial charge in [0.2, 0.25) is 11.8 Å². The molecule has 0 saturated carbocycles. The van der Waals surface area contributed by atoms with Crippen LogP contribution in [0.1, 0.15) is 44.4 Å².